The Bertz CT molecular complexity index is 1260. The number of nitrogens with one attached hydrogen (secondary N) is 3. The number of amides is 2. The van der Waals surface area contributed by atoms with Crippen LogP contribution in [0.1, 0.15) is 67.3 Å². The van der Waals surface area contributed by atoms with E-state index in [0.29, 0.717) is 17.5 Å². The molecule has 3 heterocycles. The second kappa shape index (κ2) is 9.52. The highest BCUT2D eigenvalue weighted by atomic mass is 19.1. The Morgan fingerprint density at radius 1 is 1.17 bits per heavy atom. The fraction of sp³-hybridized carbons (Fsp3) is 0.481. The summed E-state index contributed by atoms with van der Waals surface area (Å²) in [6.45, 7) is 7.66. The van der Waals surface area contributed by atoms with Crippen LogP contribution in [0.25, 0.3) is 11.3 Å². The third-order valence-electron chi connectivity index (χ3n) is 7.30. The highest BCUT2D eigenvalue weighted by Crippen LogP contribution is 2.51. The summed E-state index contributed by atoms with van der Waals surface area (Å²) in [6.07, 6.45) is 9.12. The van der Waals surface area contributed by atoms with Crippen LogP contribution < -0.4 is 10.6 Å². The number of rotatable bonds is 9. The molecule has 0 unspecified atom stereocenters. The van der Waals surface area contributed by atoms with E-state index in [9.17, 15) is 9.59 Å². The van der Waals surface area contributed by atoms with E-state index in [4.69, 9.17) is 0 Å². The van der Waals surface area contributed by atoms with Crippen LogP contribution in [0.2, 0.25) is 0 Å². The summed E-state index contributed by atoms with van der Waals surface area (Å²) >= 11 is 0. The minimum Gasteiger partial charge on any atom is -0.364 e. The van der Waals surface area contributed by atoms with Crippen LogP contribution in [-0.4, -0.2) is 37.6 Å². The first-order chi connectivity index (χ1) is 17.2. The van der Waals surface area contributed by atoms with Gasteiger partial charge in [0.25, 0.3) is 5.91 Å². The van der Waals surface area contributed by atoms with E-state index in [1.165, 1.54) is 12.3 Å². The van der Waals surface area contributed by atoms with E-state index < -0.39 is 11.9 Å². The molecule has 190 valence electrons. The van der Waals surface area contributed by atoms with Crippen molar-refractivity contribution in [2.75, 3.05) is 5.32 Å². The van der Waals surface area contributed by atoms with Crippen molar-refractivity contribution < 1.29 is 14.0 Å². The van der Waals surface area contributed by atoms with Gasteiger partial charge in [-0.3, -0.25) is 19.3 Å². The lowest BCUT2D eigenvalue weighted by Crippen LogP contribution is -2.50. The average Bonchev–Trinajstić information content (AvgIpc) is 3.76. The molecule has 2 aliphatic rings. The quantitative estimate of drug-likeness (QED) is 0.400. The first kappa shape index (κ1) is 24.2. The summed E-state index contributed by atoms with van der Waals surface area (Å²) in [5.74, 6) is -0.287. The van der Waals surface area contributed by atoms with Crippen molar-refractivity contribution in [3.63, 3.8) is 0 Å². The van der Waals surface area contributed by atoms with E-state index in [1.807, 2.05) is 33.9 Å². The summed E-state index contributed by atoms with van der Waals surface area (Å²) in [6, 6.07) is 2.25. The van der Waals surface area contributed by atoms with Crippen LogP contribution in [0.3, 0.4) is 0 Å². The second-order valence-corrected chi connectivity index (χ2v) is 10.5. The number of H-pyrrole nitrogens is 1. The molecule has 0 radical (unpaired) electrons. The van der Waals surface area contributed by atoms with Gasteiger partial charge in [-0.2, -0.15) is 5.10 Å². The maximum Gasteiger partial charge on any atom is 0.270 e. The highest BCUT2D eigenvalue weighted by molar-refractivity contribution is 6.00. The Morgan fingerprint density at radius 2 is 1.86 bits per heavy atom. The molecule has 2 amide bonds. The van der Waals surface area contributed by atoms with Gasteiger partial charge in [0.15, 0.2) is 5.82 Å². The van der Waals surface area contributed by atoms with Gasteiger partial charge in [0.2, 0.25) is 5.91 Å². The van der Waals surface area contributed by atoms with Crippen LogP contribution >= 0.6 is 0 Å². The molecular formula is C27H33FN6O2. The van der Waals surface area contributed by atoms with Crippen LogP contribution in [-0.2, 0) is 4.79 Å². The summed E-state index contributed by atoms with van der Waals surface area (Å²) in [4.78, 5) is 34.2. The van der Waals surface area contributed by atoms with Crippen molar-refractivity contribution in [2.45, 2.75) is 65.5 Å². The van der Waals surface area contributed by atoms with E-state index in [2.05, 4.69) is 25.7 Å². The lowest BCUT2D eigenvalue weighted by Gasteiger charge is -2.27. The van der Waals surface area contributed by atoms with Gasteiger partial charge in [0.05, 0.1) is 11.9 Å². The Kier molecular flexibility index (Phi) is 6.40. The van der Waals surface area contributed by atoms with Gasteiger partial charge >= 0.3 is 0 Å². The van der Waals surface area contributed by atoms with Gasteiger partial charge in [-0.15, -0.1) is 0 Å². The zero-order chi connectivity index (χ0) is 25.6. The third kappa shape index (κ3) is 4.79. The van der Waals surface area contributed by atoms with Crippen molar-refractivity contribution >= 4 is 17.5 Å². The zero-order valence-electron chi connectivity index (χ0n) is 21.1. The number of aromatic nitrogens is 4. The number of hydrogen-bond donors (Lipinski definition) is 3. The Balaban J connectivity index is 1.39. The predicted molar refractivity (Wildman–Crippen MR) is 135 cm³/mol. The van der Waals surface area contributed by atoms with Crippen molar-refractivity contribution in [3.8, 4) is 11.3 Å². The molecule has 0 aliphatic heterocycles. The van der Waals surface area contributed by atoms with Gasteiger partial charge in [-0.05, 0) is 82.8 Å². The van der Waals surface area contributed by atoms with Gasteiger partial charge in [0, 0.05) is 35.8 Å². The molecule has 0 aromatic carbocycles. The van der Waals surface area contributed by atoms with E-state index in [1.54, 1.807) is 16.9 Å². The molecule has 1 atom stereocenters. The fourth-order valence-corrected chi connectivity index (χ4v) is 5.28. The zero-order valence-corrected chi connectivity index (χ0v) is 21.1. The van der Waals surface area contributed by atoms with E-state index in [0.717, 1.165) is 42.5 Å². The lowest BCUT2D eigenvalue weighted by atomic mass is 9.88. The molecule has 0 spiro atoms. The number of nitrogens with zero attached hydrogens (tertiary/aromatic N) is 3. The number of pyridine rings is 1. The minimum absolute atomic E-state index is 0.00977. The molecule has 0 saturated heterocycles. The molecule has 2 aliphatic carbocycles. The number of halogens is 1. The minimum atomic E-state index is -0.718. The summed E-state index contributed by atoms with van der Waals surface area (Å²) in [5.41, 5.74) is 3.38. The standard InChI is InChI=1S/C27H33FN6O2/c1-14(2)34-21(9-10-31-34)26(35)33-25(23(17-5-6-17)18-7-8-18)27(36)32-19-11-20(28)24(30-13-19)22-15(3)12-29-16(22)4/h9-14,17-18,23,25,29H,5-8H2,1-4H3,(H,32,36)(H,33,35)/t25-/m0/s1. The van der Waals surface area contributed by atoms with Gasteiger partial charge in [-0.25, -0.2) is 4.39 Å². The molecule has 2 saturated carbocycles. The Hall–Kier alpha value is -3.49. The second-order valence-electron chi connectivity index (χ2n) is 10.5. The third-order valence-corrected chi connectivity index (χ3v) is 7.30. The number of hydrogen-bond acceptors (Lipinski definition) is 4. The largest absolute Gasteiger partial charge is 0.364 e. The Labute approximate surface area is 210 Å². The van der Waals surface area contributed by atoms with Crippen molar-refractivity contribution in [1.29, 1.82) is 0 Å². The van der Waals surface area contributed by atoms with Gasteiger partial charge in [-0.1, -0.05) is 0 Å². The molecule has 3 aromatic heterocycles. The molecule has 8 nitrogen and oxygen atoms in total. The number of aromatic amines is 1. The first-order valence-electron chi connectivity index (χ1n) is 12.7. The van der Waals surface area contributed by atoms with Crippen molar-refractivity contribution in [1.82, 2.24) is 25.1 Å². The highest BCUT2D eigenvalue weighted by Gasteiger charge is 2.48. The number of aryl methyl sites for hydroxylation is 2. The summed E-state index contributed by atoms with van der Waals surface area (Å²) < 4.78 is 16.7. The van der Waals surface area contributed by atoms with Crippen LogP contribution in [0.4, 0.5) is 10.1 Å². The normalized spacial score (nSPS) is 16.4. The SMILES string of the molecule is Cc1c[nH]c(C)c1-c1ncc(NC(=O)[C@@H](NC(=O)c2ccnn2C(C)C)C(C2CC2)C2CC2)cc1F. The van der Waals surface area contributed by atoms with Crippen molar-refractivity contribution in [2.24, 2.45) is 17.8 Å². The van der Waals surface area contributed by atoms with Crippen LogP contribution in [0, 0.1) is 37.4 Å². The number of carbonyl (C=O) groups is 2. The maximum absolute atomic E-state index is 15.1. The molecule has 3 aromatic rings. The van der Waals surface area contributed by atoms with E-state index in [-0.39, 0.29) is 35.2 Å². The summed E-state index contributed by atoms with van der Waals surface area (Å²) in [7, 11) is 0. The van der Waals surface area contributed by atoms with Crippen LogP contribution in [0.15, 0.2) is 30.7 Å². The Morgan fingerprint density at radius 3 is 2.42 bits per heavy atom. The fourth-order valence-electron chi connectivity index (χ4n) is 5.28. The monoisotopic (exact) mass is 492 g/mol. The van der Waals surface area contributed by atoms with Gasteiger partial charge in [0.1, 0.15) is 17.4 Å². The average molecular weight is 493 g/mol. The number of anilines is 1. The molecule has 2 fully saturated rings. The molecule has 0 bridgehead atoms. The smallest absolute Gasteiger partial charge is 0.270 e. The molecule has 36 heavy (non-hydrogen) atoms. The van der Waals surface area contributed by atoms with Crippen LogP contribution in [0.5, 0.6) is 0 Å². The predicted octanol–water partition coefficient (Wildman–Crippen LogP) is 4.78. The van der Waals surface area contributed by atoms with E-state index >= 15 is 4.39 Å². The first-order valence-corrected chi connectivity index (χ1v) is 12.7. The van der Waals surface area contributed by atoms with Gasteiger partial charge < -0.3 is 15.6 Å². The number of carbonyl (C=O) groups excluding carboxylic acids is 2. The molecule has 9 heteroatoms. The molecule has 3 N–H and O–H groups in total. The summed E-state index contributed by atoms with van der Waals surface area (Å²) in [5, 5.41) is 10.1. The molecular weight excluding hydrogens is 459 g/mol. The van der Waals surface area contributed by atoms with Crippen molar-refractivity contribution in [3.05, 3.63) is 53.5 Å². The topological polar surface area (TPSA) is 105 Å². The lowest BCUT2D eigenvalue weighted by molar-refractivity contribution is -0.119. The maximum atomic E-state index is 15.1. The molecule has 5 rings (SSSR count).